The van der Waals surface area contributed by atoms with E-state index in [1.54, 1.807) is 0 Å². The highest BCUT2D eigenvalue weighted by Gasteiger charge is 2.42. The van der Waals surface area contributed by atoms with Crippen molar-refractivity contribution in [1.82, 2.24) is 9.80 Å². The summed E-state index contributed by atoms with van der Waals surface area (Å²) in [5.41, 5.74) is 1.35. The molecule has 0 radical (unpaired) electrons. The van der Waals surface area contributed by atoms with Gasteiger partial charge < -0.3 is 9.64 Å². The maximum absolute atomic E-state index is 11.8. The zero-order valence-electron chi connectivity index (χ0n) is 12.0. The molecule has 1 amide bonds. The van der Waals surface area contributed by atoms with Gasteiger partial charge in [-0.05, 0) is 31.4 Å². The van der Waals surface area contributed by atoms with Crippen molar-refractivity contribution in [1.29, 1.82) is 0 Å². The number of nitrogens with zero attached hydrogens (tertiary/aromatic N) is 2. The van der Waals surface area contributed by atoms with Crippen molar-refractivity contribution in [3.05, 3.63) is 35.9 Å². The van der Waals surface area contributed by atoms with Crippen molar-refractivity contribution >= 4 is 6.09 Å². The molecule has 4 heteroatoms. The Hall–Kier alpha value is -1.55. The quantitative estimate of drug-likeness (QED) is 0.848. The minimum atomic E-state index is -0.151. The van der Waals surface area contributed by atoms with Crippen LogP contribution in [0.25, 0.3) is 0 Å². The molecule has 0 bridgehead atoms. The summed E-state index contributed by atoms with van der Waals surface area (Å²) in [7, 11) is 0. The number of ether oxygens (including phenoxy) is 1. The highest BCUT2D eigenvalue weighted by molar-refractivity contribution is 5.68. The first-order chi connectivity index (χ1) is 9.78. The molecule has 0 unspecified atom stereocenters. The number of amides is 1. The summed E-state index contributed by atoms with van der Waals surface area (Å²) in [6.07, 6.45) is 1.04. The molecule has 0 aromatic heterocycles. The molecule has 2 fully saturated rings. The van der Waals surface area contributed by atoms with E-state index >= 15 is 0 Å². The summed E-state index contributed by atoms with van der Waals surface area (Å²) in [6.45, 7) is 6.11. The Kier molecular flexibility index (Phi) is 3.92. The van der Waals surface area contributed by atoms with Gasteiger partial charge in [-0.3, -0.25) is 4.90 Å². The van der Waals surface area contributed by atoms with Crippen LogP contribution in [0.5, 0.6) is 0 Å². The first-order valence-corrected chi connectivity index (χ1v) is 7.47. The Morgan fingerprint density at radius 1 is 1.30 bits per heavy atom. The standard InChI is InChI=1S/C16H22N2O2/c1-2-20-16(19)18-11-14-8-9-17(15(14)12-18)10-13-6-4-3-5-7-13/h3-7,14-15H,2,8-12H2,1H3/t14-,15-/m0/s1. The van der Waals surface area contributed by atoms with Gasteiger partial charge in [-0.1, -0.05) is 30.3 Å². The fourth-order valence-corrected chi connectivity index (χ4v) is 3.43. The minimum absolute atomic E-state index is 0.151. The normalized spacial score (nSPS) is 25.8. The maximum Gasteiger partial charge on any atom is 0.409 e. The summed E-state index contributed by atoms with van der Waals surface area (Å²) in [4.78, 5) is 16.2. The molecule has 2 aliphatic rings. The molecule has 0 spiro atoms. The highest BCUT2D eigenvalue weighted by atomic mass is 16.6. The van der Waals surface area contributed by atoms with E-state index in [0.29, 0.717) is 18.6 Å². The van der Waals surface area contributed by atoms with Gasteiger partial charge in [0.1, 0.15) is 0 Å². The number of likely N-dealkylation sites (tertiary alicyclic amines) is 2. The van der Waals surface area contributed by atoms with E-state index in [2.05, 4.69) is 29.2 Å². The van der Waals surface area contributed by atoms with Crippen molar-refractivity contribution in [2.24, 2.45) is 5.92 Å². The van der Waals surface area contributed by atoms with Crippen LogP contribution < -0.4 is 0 Å². The van der Waals surface area contributed by atoms with E-state index in [1.807, 2.05) is 17.9 Å². The number of benzene rings is 1. The molecule has 1 aromatic carbocycles. The zero-order chi connectivity index (χ0) is 13.9. The zero-order valence-corrected chi connectivity index (χ0v) is 12.0. The molecule has 108 valence electrons. The fraction of sp³-hybridized carbons (Fsp3) is 0.562. The predicted molar refractivity (Wildman–Crippen MR) is 77.3 cm³/mol. The SMILES string of the molecule is CCOC(=O)N1C[C@@H]2CCN(Cc3ccccc3)[C@H]2C1. The second kappa shape index (κ2) is 5.83. The number of carbonyl (C=O) groups excluding carboxylic acids is 1. The van der Waals surface area contributed by atoms with Crippen LogP contribution in [-0.4, -0.2) is 48.2 Å². The summed E-state index contributed by atoms with van der Waals surface area (Å²) < 4.78 is 5.11. The molecule has 0 N–H and O–H groups in total. The summed E-state index contributed by atoms with van der Waals surface area (Å²) in [6, 6.07) is 11.1. The first kappa shape index (κ1) is 13.4. The Morgan fingerprint density at radius 3 is 2.85 bits per heavy atom. The number of hydrogen-bond acceptors (Lipinski definition) is 3. The molecule has 2 aliphatic heterocycles. The van der Waals surface area contributed by atoms with Crippen LogP contribution in [0, 0.1) is 5.92 Å². The van der Waals surface area contributed by atoms with Gasteiger partial charge in [-0.25, -0.2) is 4.79 Å². The number of rotatable bonds is 3. The summed E-state index contributed by atoms with van der Waals surface area (Å²) in [5.74, 6) is 0.614. The lowest BCUT2D eigenvalue weighted by atomic mass is 10.0. The van der Waals surface area contributed by atoms with Crippen LogP contribution in [-0.2, 0) is 11.3 Å². The number of carbonyl (C=O) groups is 1. The van der Waals surface area contributed by atoms with Gasteiger partial charge in [0.05, 0.1) is 6.61 Å². The Bertz CT molecular complexity index is 463. The topological polar surface area (TPSA) is 32.8 Å². The van der Waals surface area contributed by atoms with Crippen LogP contribution in [0.15, 0.2) is 30.3 Å². The van der Waals surface area contributed by atoms with Crippen molar-refractivity contribution < 1.29 is 9.53 Å². The average molecular weight is 274 g/mol. The van der Waals surface area contributed by atoms with Gasteiger partial charge in [0.25, 0.3) is 0 Å². The van der Waals surface area contributed by atoms with Crippen molar-refractivity contribution in [3.63, 3.8) is 0 Å². The minimum Gasteiger partial charge on any atom is -0.450 e. The van der Waals surface area contributed by atoms with Crippen LogP contribution in [0.1, 0.15) is 18.9 Å². The Balaban J connectivity index is 1.61. The summed E-state index contributed by atoms with van der Waals surface area (Å²) >= 11 is 0. The molecule has 0 saturated carbocycles. The van der Waals surface area contributed by atoms with E-state index in [0.717, 1.165) is 26.2 Å². The maximum atomic E-state index is 11.8. The third kappa shape index (κ3) is 2.66. The Labute approximate surface area is 120 Å². The number of hydrogen-bond donors (Lipinski definition) is 0. The molecule has 3 rings (SSSR count). The van der Waals surface area contributed by atoms with Crippen LogP contribution in [0.3, 0.4) is 0 Å². The van der Waals surface area contributed by atoms with E-state index < -0.39 is 0 Å². The van der Waals surface area contributed by atoms with E-state index in [-0.39, 0.29) is 6.09 Å². The van der Waals surface area contributed by atoms with Gasteiger partial charge in [0, 0.05) is 25.7 Å². The lowest BCUT2D eigenvalue weighted by Crippen LogP contribution is -2.37. The average Bonchev–Trinajstić information content (AvgIpc) is 3.02. The van der Waals surface area contributed by atoms with Gasteiger partial charge in [-0.2, -0.15) is 0 Å². The Morgan fingerprint density at radius 2 is 2.10 bits per heavy atom. The number of fused-ring (bicyclic) bond motifs is 1. The van der Waals surface area contributed by atoms with Crippen LogP contribution in [0.2, 0.25) is 0 Å². The first-order valence-electron chi connectivity index (χ1n) is 7.47. The molecule has 20 heavy (non-hydrogen) atoms. The molecule has 4 nitrogen and oxygen atoms in total. The van der Waals surface area contributed by atoms with E-state index in [9.17, 15) is 4.79 Å². The highest BCUT2D eigenvalue weighted by Crippen LogP contribution is 2.32. The second-order valence-corrected chi connectivity index (χ2v) is 5.68. The van der Waals surface area contributed by atoms with Crippen molar-refractivity contribution in [3.8, 4) is 0 Å². The van der Waals surface area contributed by atoms with Gasteiger partial charge in [0.15, 0.2) is 0 Å². The van der Waals surface area contributed by atoms with E-state index in [4.69, 9.17) is 4.74 Å². The molecule has 1 aromatic rings. The summed E-state index contributed by atoms with van der Waals surface area (Å²) in [5, 5.41) is 0. The predicted octanol–water partition coefficient (Wildman–Crippen LogP) is 2.35. The lowest BCUT2D eigenvalue weighted by molar-refractivity contribution is 0.110. The molecule has 2 saturated heterocycles. The van der Waals surface area contributed by atoms with E-state index in [1.165, 1.54) is 12.0 Å². The molecular formula is C16H22N2O2. The molecular weight excluding hydrogens is 252 g/mol. The van der Waals surface area contributed by atoms with Crippen molar-refractivity contribution in [2.45, 2.75) is 25.9 Å². The second-order valence-electron chi connectivity index (χ2n) is 5.68. The molecule has 0 aliphatic carbocycles. The smallest absolute Gasteiger partial charge is 0.409 e. The van der Waals surface area contributed by atoms with Gasteiger partial charge in [0.2, 0.25) is 0 Å². The van der Waals surface area contributed by atoms with Crippen LogP contribution in [0.4, 0.5) is 4.79 Å². The third-order valence-corrected chi connectivity index (χ3v) is 4.42. The monoisotopic (exact) mass is 274 g/mol. The molecule has 2 heterocycles. The van der Waals surface area contributed by atoms with Crippen LogP contribution >= 0.6 is 0 Å². The largest absolute Gasteiger partial charge is 0.450 e. The fourth-order valence-electron chi connectivity index (χ4n) is 3.43. The molecule has 2 atom stereocenters. The van der Waals surface area contributed by atoms with Crippen molar-refractivity contribution in [2.75, 3.05) is 26.2 Å². The van der Waals surface area contributed by atoms with Gasteiger partial charge >= 0.3 is 6.09 Å². The van der Waals surface area contributed by atoms with Gasteiger partial charge in [-0.15, -0.1) is 0 Å². The third-order valence-electron chi connectivity index (χ3n) is 4.42. The lowest BCUT2D eigenvalue weighted by Gasteiger charge is -2.24.